The fourth-order valence-electron chi connectivity index (χ4n) is 3.30. The number of amides is 2. The van der Waals surface area contributed by atoms with Crippen LogP contribution in [0.25, 0.3) is 0 Å². The number of hydrogen-bond acceptors (Lipinski definition) is 5. The van der Waals surface area contributed by atoms with Gasteiger partial charge < -0.3 is 15.9 Å². The van der Waals surface area contributed by atoms with E-state index in [1.54, 1.807) is 0 Å². The summed E-state index contributed by atoms with van der Waals surface area (Å²) in [6, 6.07) is 10.3. The molecule has 0 unspecified atom stereocenters. The number of piperidine rings is 1. The van der Waals surface area contributed by atoms with Gasteiger partial charge in [-0.3, -0.25) is 14.5 Å². The molecule has 0 bridgehead atoms. The van der Waals surface area contributed by atoms with Gasteiger partial charge >= 0.3 is 0 Å². The van der Waals surface area contributed by atoms with Crippen molar-refractivity contribution in [1.82, 2.24) is 10.2 Å². The largest absolute Gasteiger partial charge is 0.390 e. The maximum Gasteiger partial charge on any atom is 0.266 e. The van der Waals surface area contributed by atoms with Crippen molar-refractivity contribution in [1.29, 1.82) is 0 Å². The first kappa shape index (κ1) is 17.4. The van der Waals surface area contributed by atoms with Gasteiger partial charge in [0.2, 0.25) is 5.91 Å². The van der Waals surface area contributed by atoms with Crippen LogP contribution in [0.2, 0.25) is 0 Å². The van der Waals surface area contributed by atoms with Crippen molar-refractivity contribution in [3.8, 4) is 0 Å². The van der Waals surface area contributed by atoms with Crippen molar-refractivity contribution >= 4 is 17.5 Å². The summed E-state index contributed by atoms with van der Waals surface area (Å²) in [6.07, 6.45) is 1.95. The molecular weight excluding hydrogens is 320 g/mol. The maximum atomic E-state index is 12.4. The highest BCUT2D eigenvalue weighted by Gasteiger charge is 2.28. The van der Waals surface area contributed by atoms with Gasteiger partial charge in [-0.2, -0.15) is 0 Å². The molecule has 0 aliphatic carbocycles. The van der Waals surface area contributed by atoms with Gasteiger partial charge in [0.25, 0.3) is 5.91 Å². The molecule has 0 radical (unpaired) electrons. The Labute approximate surface area is 147 Å². The van der Waals surface area contributed by atoms with E-state index in [-0.39, 0.29) is 23.6 Å². The maximum absolute atomic E-state index is 12.4. The summed E-state index contributed by atoms with van der Waals surface area (Å²) in [4.78, 5) is 30.9. The zero-order valence-electron chi connectivity index (χ0n) is 14.2. The van der Waals surface area contributed by atoms with E-state index in [1.807, 2.05) is 18.2 Å². The Kier molecular flexibility index (Phi) is 5.65. The third-order valence-electron chi connectivity index (χ3n) is 4.65. The molecule has 2 aliphatic heterocycles. The summed E-state index contributed by atoms with van der Waals surface area (Å²) in [6.45, 7) is 2.98. The third-order valence-corrected chi connectivity index (χ3v) is 4.65. The molecule has 1 fully saturated rings. The van der Waals surface area contributed by atoms with Crippen LogP contribution in [0.1, 0.15) is 24.8 Å². The van der Waals surface area contributed by atoms with Crippen LogP contribution in [0.5, 0.6) is 0 Å². The Hall–Kier alpha value is -2.41. The van der Waals surface area contributed by atoms with Crippen molar-refractivity contribution in [3.63, 3.8) is 0 Å². The molecule has 0 saturated carbocycles. The van der Waals surface area contributed by atoms with E-state index < -0.39 is 5.91 Å². The summed E-state index contributed by atoms with van der Waals surface area (Å²) < 4.78 is 0. The monoisotopic (exact) mass is 344 g/mol. The normalized spacial score (nSPS) is 23.6. The van der Waals surface area contributed by atoms with E-state index in [0.29, 0.717) is 13.0 Å². The quantitative estimate of drug-likeness (QED) is 0.791. The molecule has 134 valence electrons. The van der Waals surface area contributed by atoms with Crippen molar-refractivity contribution in [2.45, 2.75) is 31.9 Å². The van der Waals surface area contributed by atoms with Crippen LogP contribution < -0.4 is 11.1 Å². The van der Waals surface area contributed by atoms with E-state index in [4.69, 9.17) is 10.6 Å². The van der Waals surface area contributed by atoms with Gasteiger partial charge in [-0.05, 0) is 24.9 Å². The number of nitrogens with one attached hydrogen (secondary N) is 1. The molecule has 3 N–H and O–H groups in total. The summed E-state index contributed by atoms with van der Waals surface area (Å²) in [7, 11) is 0. The molecule has 2 heterocycles. The number of nitrogens with two attached hydrogens (primary N) is 1. The van der Waals surface area contributed by atoms with Crippen molar-refractivity contribution in [2.75, 3.05) is 19.6 Å². The molecule has 0 aromatic heterocycles. The molecule has 7 heteroatoms. The predicted molar refractivity (Wildman–Crippen MR) is 93.6 cm³/mol. The molecular formula is C18H24N4O3. The number of carbonyl (C=O) groups excluding carboxylic acids is 2. The lowest BCUT2D eigenvalue weighted by molar-refractivity contribution is -0.127. The number of benzene rings is 1. The van der Waals surface area contributed by atoms with E-state index in [1.165, 1.54) is 5.56 Å². The van der Waals surface area contributed by atoms with Gasteiger partial charge in [-0.25, -0.2) is 0 Å². The Morgan fingerprint density at radius 2 is 2.12 bits per heavy atom. The fourth-order valence-corrected chi connectivity index (χ4v) is 3.30. The minimum atomic E-state index is -0.572. The number of rotatable bonds is 6. The minimum Gasteiger partial charge on any atom is -0.390 e. The second-order valence-corrected chi connectivity index (χ2v) is 6.64. The summed E-state index contributed by atoms with van der Waals surface area (Å²) in [5.74, 6) is -0.554. The van der Waals surface area contributed by atoms with Gasteiger partial charge in [0.15, 0.2) is 6.10 Å². The highest BCUT2D eigenvalue weighted by atomic mass is 16.6. The van der Waals surface area contributed by atoms with E-state index in [9.17, 15) is 9.59 Å². The summed E-state index contributed by atoms with van der Waals surface area (Å²) in [5.41, 5.74) is 6.66. The fraction of sp³-hybridized carbons (Fsp3) is 0.500. The van der Waals surface area contributed by atoms with Gasteiger partial charge in [0, 0.05) is 19.5 Å². The zero-order chi connectivity index (χ0) is 17.6. The van der Waals surface area contributed by atoms with Crippen LogP contribution in [0.15, 0.2) is 35.5 Å². The first-order valence-corrected chi connectivity index (χ1v) is 8.68. The number of primary amides is 1. The summed E-state index contributed by atoms with van der Waals surface area (Å²) in [5, 5.41) is 6.57. The van der Waals surface area contributed by atoms with Gasteiger partial charge in [0.05, 0.1) is 12.5 Å². The lowest BCUT2D eigenvalue weighted by Gasteiger charge is -2.32. The van der Waals surface area contributed by atoms with Crippen LogP contribution in [0.4, 0.5) is 0 Å². The Balaban J connectivity index is 1.44. The van der Waals surface area contributed by atoms with Crippen LogP contribution in [-0.2, 0) is 21.0 Å². The molecule has 2 amide bonds. The molecule has 2 aliphatic rings. The molecule has 1 aromatic carbocycles. The topological polar surface area (TPSA) is 97.0 Å². The Morgan fingerprint density at radius 1 is 1.32 bits per heavy atom. The highest BCUT2D eigenvalue weighted by Crippen LogP contribution is 2.19. The number of likely N-dealkylation sites (tertiary alicyclic amines) is 1. The van der Waals surface area contributed by atoms with Gasteiger partial charge in [-0.15, -0.1) is 0 Å². The first-order chi connectivity index (χ1) is 12.1. The van der Waals surface area contributed by atoms with Crippen LogP contribution in [0.3, 0.4) is 0 Å². The lowest BCUT2D eigenvalue weighted by atomic mass is 9.96. The van der Waals surface area contributed by atoms with E-state index in [0.717, 1.165) is 32.5 Å². The highest BCUT2D eigenvalue weighted by molar-refractivity contribution is 6.38. The second kappa shape index (κ2) is 8.11. The van der Waals surface area contributed by atoms with Crippen molar-refractivity contribution in [3.05, 3.63) is 35.9 Å². The van der Waals surface area contributed by atoms with Crippen molar-refractivity contribution in [2.24, 2.45) is 16.8 Å². The van der Waals surface area contributed by atoms with Crippen molar-refractivity contribution < 1.29 is 14.4 Å². The number of carbonyl (C=O) groups is 2. The van der Waals surface area contributed by atoms with Crippen LogP contribution in [0, 0.1) is 5.92 Å². The second-order valence-electron chi connectivity index (χ2n) is 6.64. The third kappa shape index (κ3) is 4.79. The summed E-state index contributed by atoms with van der Waals surface area (Å²) >= 11 is 0. The SMILES string of the molecule is NC(=O)C1=NO[C@H](CNC(=O)[C@@H]2CCCN(Cc3ccccc3)C2)C1. The zero-order valence-corrected chi connectivity index (χ0v) is 14.2. The van der Waals surface area contributed by atoms with E-state index >= 15 is 0 Å². The molecule has 25 heavy (non-hydrogen) atoms. The molecule has 3 rings (SSSR count). The van der Waals surface area contributed by atoms with Gasteiger partial charge in [0.1, 0.15) is 5.71 Å². The predicted octanol–water partition coefficient (Wildman–Crippen LogP) is 0.645. The first-order valence-electron chi connectivity index (χ1n) is 8.68. The smallest absolute Gasteiger partial charge is 0.266 e. The average Bonchev–Trinajstić information content (AvgIpc) is 3.10. The molecule has 7 nitrogen and oxygen atoms in total. The van der Waals surface area contributed by atoms with E-state index in [2.05, 4.69) is 27.5 Å². The number of nitrogens with zero attached hydrogens (tertiary/aromatic N) is 2. The lowest BCUT2D eigenvalue weighted by Crippen LogP contribution is -2.44. The standard InChI is InChI=1S/C18H24N4O3/c19-17(23)16-9-15(25-21-16)10-20-18(24)14-7-4-8-22(12-14)11-13-5-2-1-3-6-13/h1-3,5-6,14-15H,4,7-12H2,(H2,19,23)(H,20,24)/t14-,15+/m1/s1. The molecule has 1 saturated heterocycles. The average molecular weight is 344 g/mol. The van der Waals surface area contributed by atoms with Crippen LogP contribution in [-0.4, -0.2) is 48.2 Å². The number of hydrogen-bond donors (Lipinski definition) is 2. The van der Waals surface area contributed by atoms with Crippen LogP contribution >= 0.6 is 0 Å². The minimum absolute atomic E-state index is 0.0182. The Morgan fingerprint density at radius 3 is 2.84 bits per heavy atom. The molecule has 2 atom stereocenters. The molecule has 0 spiro atoms. The molecule has 1 aromatic rings. The number of oxime groups is 1. The van der Waals surface area contributed by atoms with Gasteiger partial charge in [-0.1, -0.05) is 35.5 Å². The Bertz CT molecular complexity index is 647.